The summed E-state index contributed by atoms with van der Waals surface area (Å²) in [7, 11) is 0. The van der Waals surface area contributed by atoms with Crippen LogP contribution in [-0.2, 0) is 4.74 Å². The standard InChI is InChI=1S/C15H25N3O/c1-4-14-11-18(8-9-19-14)15-10-13(6-7-17-15)12(3)16-5-2/h6-7,10,12,14,16H,4-5,8-9,11H2,1-3H3. The molecule has 1 aromatic heterocycles. The van der Waals surface area contributed by atoms with E-state index in [9.17, 15) is 0 Å². The van der Waals surface area contributed by atoms with E-state index in [2.05, 4.69) is 48.1 Å². The minimum Gasteiger partial charge on any atom is -0.375 e. The lowest BCUT2D eigenvalue weighted by Crippen LogP contribution is -2.42. The molecular weight excluding hydrogens is 238 g/mol. The minimum atomic E-state index is 0.338. The van der Waals surface area contributed by atoms with Crippen LogP contribution < -0.4 is 10.2 Å². The second kappa shape index (κ2) is 6.87. The Labute approximate surface area is 116 Å². The zero-order valence-corrected chi connectivity index (χ0v) is 12.2. The molecule has 4 nitrogen and oxygen atoms in total. The largest absolute Gasteiger partial charge is 0.375 e. The molecule has 1 aliphatic rings. The van der Waals surface area contributed by atoms with Gasteiger partial charge in [0.2, 0.25) is 0 Å². The molecule has 0 amide bonds. The van der Waals surface area contributed by atoms with Crippen molar-refractivity contribution in [2.45, 2.75) is 39.3 Å². The van der Waals surface area contributed by atoms with E-state index in [1.807, 2.05) is 6.20 Å². The van der Waals surface area contributed by atoms with Crippen LogP contribution in [0.25, 0.3) is 0 Å². The number of ether oxygens (including phenoxy) is 1. The van der Waals surface area contributed by atoms with Crippen molar-refractivity contribution in [3.63, 3.8) is 0 Å². The lowest BCUT2D eigenvalue weighted by atomic mass is 10.1. The summed E-state index contributed by atoms with van der Waals surface area (Å²) in [6.45, 7) is 10.2. The summed E-state index contributed by atoms with van der Waals surface area (Å²) < 4.78 is 5.71. The molecule has 4 heteroatoms. The van der Waals surface area contributed by atoms with Crippen LogP contribution in [0.15, 0.2) is 18.3 Å². The van der Waals surface area contributed by atoms with E-state index in [0.717, 1.165) is 38.5 Å². The summed E-state index contributed by atoms with van der Waals surface area (Å²) in [4.78, 5) is 6.85. The Bertz CT molecular complexity index is 397. The van der Waals surface area contributed by atoms with E-state index in [-0.39, 0.29) is 0 Å². The molecular formula is C15H25N3O. The van der Waals surface area contributed by atoms with Crippen molar-refractivity contribution in [1.82, 2.24) is 10.3 Å². The van der Waals surface area contributed by atoms with Gasteiger partial charge in [0.1, 0.15) is 5.82 Å². The van der Waals surface area contributed by atoms with Crippen molar-refractivity contribution >= 4 is 5.82 Å². The number of rotatable bonds is 5. The average molecular weight is 263 g/mol. The summed E-state index contributed by atoms with van der Waals surface area (Å²) >= 11 is 0. The van der Waals surface area contributed by atoms with Crippen LogP contribution in [0.2, 0.25) is 0 Å². The third-order valence-electron chi connectivity index (χ3n) is 3.70. The summed E-state index contributed by atoms with van der Waals surface area (Å²) in [6, 6.07) is 4.66. The number of pyridine rings is 1. The van der Waals surface area contributed by atoms with Gasteiger partial charge >= 0.3 is 0 Å². The van der Waals surface area contributed by atoms with Crippen molar-refractivity contribution in [2.75, 3.05) is 31.1 Å². The number of hydrogen-bond acceptors (Lipinski definition) is 4. The van der Waals surface area contributed by atoms with Crippen LogP contribution in [0.3, 0.4) is 0 Å². The molecule has 19 heavy (non-hydrogen) atoms. The highest BCUT2D eigenvalue weighted by molar-refractivity contribution is 5.42. The molecule has 0 spiro atoms. The fraction of sp³-hybridized carbons (Fsp3) is 0.667. The molecule has 1 N–H and O–H groups in total. The van der Waals surface area contributed by atoms with Gasteiger partial charge in [-0.2, -0.15) is 0 Å². The summed E-state index contributed by atoms with van der Waals surface area (Å²) in [6.07, 6.45) is 3.31. The molecule has 2 unspecified atom stereocenters. The highest BCUT2D eigenvalue weighted by Gasteiger charge is 2.20. The Hall–Kier alpha value is -1.13. The molecule has 0 aromatic carbocycles. The summed E-state index contributed by atoms with van der Waals surface area (Å²) in [5.41, 5.74) is 1.30. The molecule has 1 aliphatic heterocycles. The molecule has 106 valence electrons. The van der Waals surface area contributed by atoms with Crippen LogP contribution in [0.5, 0.6) is 0 Å². The van der Waals surface area contributed by atoms with Gasteiger partial charge in [-0.1, -0.05) is 13.8 Å². The van der Waals surface area contributed by atoms with Crippen molar-refractivity contribution in [3.8, 4) is 0 Å². The Kier molecular flexibility index (Phi) is 5.16. The van der Waals surface area contributed by atoms with Crippen LogP contribution in [0.1, 0.15) is 38.8 Å². The third kappa shape index (κ3) is 3.67. The maximum atomic E-state index is 5.71. The Morgan fingerprint density at radius 2 is 2.37 bits per heavy atom. The van der Waals surface area contributed by atoms with E-state index in [1.54, 1.807) is 0 Å². The molecule has 1 aromatic rings. The van der Waals surface area contributed by atoms with Gasteiger partial charge < -0.3 is 15.0 Å². The van der Waals surface area contributed by atoms with Gasteiger partial charge in [-0.25, -0.2) is 4.98 Å². The number of morpholine rings is 1. The van der Waals surface area contributed by atoms with E-state index < -0.39 is 0 Å². The first kappa shape index (κ1) is 14.3. The number of aromatic nitrogens is 1. The van der Waals surface area contributed by atoms with Gasteiger partial charge in [0.25, 0.3) is 0 Å². The van der Waals surface area contributed by atoms with E-state index >= 15 is 0 Å². The SMILES string of the molecule is CCNC(C)c1ccnc(N2CCOC(CC)C2)c1. The van der Waals surface area contributed by atoms with Gasteiger partial charge in [-0.05, 0) is 37.6 Å². The molecule has 0 saturated carbocycles. The molecule has 2 heterocycles. The second-order valence-corrected chi connectivity index (χ2v) is 5.07. The number of hydrogen-bond donors (Lipinski definition) is 1. The molecule has 0 bridgehead atoms. The monoisotopic (exact) mass is 263 g/mol. The normalized spacial score (nSPS) is 21.4. The zero-order valence-electron chi connectivity index (χ0n) is 12.2. The van der Waals surface area contributed by atoms with Crippen LogP contribution >= 0.6 is 0 Å². The molecule has 0 aliphatic carbocycles. The predicted octanol–water partition coefficient (Wildman–Crippen LogP) is 2.37. The topological polar surface area (TPSA) is 37.4 Å². The maximum Gasteiger partial charge on any atom is 0.128 e. The minimum absolute atomic E-state index is 0.338. The molecule has 1 saturated heterocycles. The van der Waals surface area contributed by atoms with Gasteiger partial charge in [0, 0.05) is 25.3 Å². The molecule has 0 radical (unpaired) electrons. The number of anilines is 1. The third-order valence-corrected chi connectivity index (χ3v) is 3.70. The first-order valence-corrected chi connectivity index (χ1v) is 7.30. The lowest BCUT2D eigenvalue weighted by Gasteiger charge is -2.33. The predicted molar refractivity (Wildman–Crippen MR) is 78.6 cm³/mol. The molecule has 2 atom stereocenters. The smallest absolute Gasteiger partial charge is 0.128 e. The summed E-state index contributed by atoms with van der Waals surface area (Å²) in [5.74, 6) is 1.07. The van der Waals surface area contributed by atoms with Crippen LogP contribution in [0.4, 0.5) is 5.82 Å². The first-order valence-electron chi connectivity index (χ1n) is 7.30. The van der Waals surface area contributed by atoms with E-state index in [4.69, 9.17) is 4.74 Å². The maximum absolute atomic E-state index is 5.71. The fourth-order valence-electron chi connectivity index (χ4n) is 2.47. The van der Waals surface area contributed by atoms with Crippen molar-refractivity contribution < 1.29 is 4.74 Å². The number of nitrogens with zero attached hydrogens (tertiary/aromatic N) is 2. The Morgan fingerprint density at radius 3 is 3.11 bits per heavy atom. The van der Waals surface area contributed by atoms with Gasteiger partial charge in [0.15, 0.2) is 0 Å². The molecule has 2 rings (SSSR count). The Balaban J connectivity index is 2.09. The zero-order chi connectivity index (χ0) is 13.7. The van der Waals surface area contributed by atoms with Crippen molar-refractivity contribution in [1.29, 1.82) is 0 Å². The van der Waals surface area contributed by atoms with E-state index in [1.165, 1.54) is 5.56 Å². The average Bonchev–Trinajstić information content (AvgIpc) is 2.48. The highest BCUT2D eigenvalue weighted by Crippen LogP contribution is 2.20. The fourth-order valence-corrected chi connectivity index (χ4v) is 2.47. The number of nitrogens with one attached hydrogen (secondary N) is 1. The quantitative estimate of drug-likeness (QED) is 0.885. The van der Waals surface area contributed by atoms with E-state index in [0.29, 0.717) is 12.1 Å². The highest BCUT2D eigenvalue weighted by atomic mass is 16.5. The summed E-state index contributed by atoms with van der Waals surface area (Å²) in [5, 5.41) is 3.44. The molecule has 1 fully saturated rings. The van der Waals surface area contributed by atoms with Crippen LogP contribution in [-0.4, -0.2) is 37.3 Å². The van der Waals surface area contributed by atoms with Crippen LogP contribution in [0, 0.1) is 0 Å². The second-order valence-electron chi connectivity index (χ2n) is 5.07. The van der Waals surface area contributed by atoms with Crippen molar-refractivity contribution in [3.05, 3.63) is 23.9 Å². The lowest BCUT2D eigenvalue weighted by molar-refractivity contribution is 0.0381. The van der Waals surface area contributed by atoms with Gasteiger partial charge in [-0.15, -0.1) is 0 Å². The first-order chi connectivity index (χ1) is 9.24. The van der Waals surface area contributed by atoms with Gasteiger partial charge in [0.05, 0.1) is 12.7 Å². The Morgan fingerprint density at radius 1 is 1.53 bits per heavy atom. The van der Waals surface area contributed by atoms with Gasteiger partial charge in [-0.3, -0.25) is 0 Å². The van der Waals surface area contributed by atoms with Crippen molar-refractivity contribution in [2.24, 2.45) is 0 Å².